The molecule has 0 fully saturated rings. The summed E-state index contributed by atoms with van der Waals surface area (Å²) in [6.07, 6.45) is 0. The highest BCUT2D eigenvalue weighted by molar-refractivity contribution is 9.10. The lowest BCUT2D eigenvalue weighted by molar-refractivity contribution is -0.137. The molecular formula is C9H7BrN2O2. The Bertz CT molecular complexity index is 411. The van der Waals surface area contributed by atoms with Crippen LogP contribution >= 0.6 is 15.9 Å². The van der Waals surface area contributed by atoms with Crippen LogP contribution in [0.2, 0.25) is 0 Å². The molecule has 0 N–H and O–H groups in total. The zero-order valence-electron chi connectivity index (χ0n) is 7.40. The number of esters is 1. The number of nitrogens with zero attached hydrogens (tertiary/aromatic N) is 2. The van der Waals surface area contributed by atoms with Crippen LogP contribution in [0.5, 0.6) is 0 Å². The number of halogens is 1. The summed E-state index contributed by atoms with van der Waals surface area (Å²) in [5.74, 6) is -0.675. The van der Waals surface area contributed by atoms with Gasteiger partial charge in [0.15, 0.2) is 0 Å². The summed E-state index contributed by atoms with van der Waals surface area (Å²) >= 11 is 3.24. The highest BCUT2D eigenvalue weighted by Crippen LogP contribution is 2.12. The molecule has 14 heavy (non-hydrogen) atoms. The van der Waals surface area contributed by atoms with Gasteiger partial charge in [-0.1, -0.05) is 22.0 Å². The molecule has 0 atom stereocenters. The SMILES string of the molecule is COC(=O)C(=[N+]=[N-])c1cccc(Br)c1. The standard InChI is InChI=1S/C9H7BrN2O2/c1-14-9(13)8(12-11)6-3-2-4-7(10)5-6/h2-5H,1H3. The van der Waals surface area contributed by atoms with Gasteiger partial charge in [0.1, 0.15) is 0 Å². The second-order valence-electron chi connectivity index (χ2n) is 2.45. The minimum absolute atomic E-state index is 0.117. The predicted molar refractivity (Wildman–Crippen MR) is 53.9 cm³/mol. The van der Waals surface area contributed by atoms with Crippen molar-refractivity contribution in [1.82, 2.24) is 0 Å². The number of hydrogen-bond donors (Lipinski definition) is 0. The fraction of sp³-hybridized carbons (Fsp3) is 0.111. The first-order chi connectivity index (χ1) is 6.69. The first-order valence-electron chi connectivity index (χ1n) is 3.75. The number of hydrogen-bond acceptors (Lipinski definition) is 2. The lowest BCUT2D eigenvalue weighted by atomic mass is 10.1. The van der Waals surface area contributed by atoms with E-state index in [9.17, 15) is 4.79 Å². The van der Waals surface area contributed by atoms with Gasteiger partial charge in [-0.3, -0.25) is 0 Å². The Kier molecular flexibility index (Phi) is 3.56. The summed E-state index contributed by atoms with van der Waals surface area (Å²) < 4.78 is 5.24. The van der Waals surface area contributed by atoms with Crippen LogP contribution in [0.1, 0.15) is 5.56 Å². The first-order valence-corrected chi connectivity index (χ1v) is 4.54. The van der Waals surface area contributed by atoms with Crippen molar-refractivity contribution in [2.45, 2.75) is 0 Å². The smallest absolute Gasteiger partial charge is 0.422 e. The maximum atomic E-state index is 11.1. The third-order valence-electron chi connectivity index (χ3n) is 1.58. The average Bonchev–Trinajstić information content (AvgIpc) is 2.19. The molecular weight excluding hydrogens is 248 g/mol. The van der Waals surface area contributed by atoms with Gasteiger partial charge in [0.25, 0.3) is 0 Å². The summed E-state index contributed by atoms with van der Waals surface area (Å²) in [6, 6.07) is 6.84. The molecule has 0 aromatic heterocycles. The maximum absolute atomic E-state index is 11.1. The van der Waals surface area contributed by atoms with E-state index in [0.29, 0.717) is 5.56 Å². The Morgan fingerprint density at radius 1 is 1.57 bits per heavy atom. The quantitative estimate of drug-likeness (QED) is 0.349. The molecule has 5 heteroatoms. The number of ether oxygens (including phenoxy) is 1. The molecule has 4 nitrogen and oxygen atoms in total. The van der Waals surface area contributed by atoms with Gasteiger partial charge in [0.2, 0.25) is 0 Å². The van der Waals surface area contributed by atoms with E-state index in [-0.39, 0.29) is 5.71 Å². The fourth-order valence-electron chi connectivity index (χ4n) is 0.949. The highest BCUT2D eigenvalue weighted by atomic mass is 79.9. The fourth-order valence-corrected chi connectivity index (χ4v) is 1.35. The molecule has 0 aliphatic carbocycles. The zero-order chi connectivity index (χ0) is 10.6. The number of methoxy groups -OCH3 is 1. The van der Waals surface area contributed by atoms with Crippen molar-refractivity contribution < 1.29 is 14.3 Å². The molecule has 0 spiro atoms. The third kappa shape index (κ3) is 2.28. The molecule has 0 saturated carbocycles. The van der Waals surface area contributed by atoms with Crippen LogP contribution in [0.25, 0.3) is 5.53 Å². The van der Waals surface area contributed by atoms with Crippen molar-refractivity contribution in [2.24, 2.45) is 0 Å². The van der Waals surface area contributed by atoms with Crippen molar-refractivity contribution in [2.75, 3.05) is 7.11 Å². The summed E-state index contributed by atoms with van der Waals surface area (Å²) in [6.45, 7) is 0. The molecule has 1 rings (SSSR count). The van der Waals surface area contributed by atoms with Crippen LogP contribution in [0.3, 0.4) is 0 Å². The van der Waals surface area contributed by atoms with E-state index in [4.69, 9.17) is 5.53 Å². The van der Waals surface area contributed by atoms with E-state index in [1.165, 1.54) is 7.11 Å². The van der Waals surface area contributed by atoms with Gasteiger partial charge >= 0.3 is 11.7 Å². The van der Waals surface area contributed by atoms with Gasteiger partial charge in [-0.05, 0) is 18.2 Å². The monoisotopic (exact) mass is 254 g/mol. The largest absolute Gasteiger partial charge is 0.460 e. The summed E-state index contributed by atoms with van der Waals surface area (Å²) in [7, 11) is 1.23. The number of rotatable bonds is 2. The number of carbonyl (C=O) groups excluding carboxylic acids is 1. The summed E-state index contributed by atoms with van der Waals surface area (Å²) in [5, 5.41) is 0. The Morgan fingerprint density at radius 2 is 2.29 bits per heavy atom. The molecule has 0 aliphatic heterocycles. The van der Waals surface area contributed by atoms with E-state index >= 15 is 0 Å². The highest BCUT2D eigenvalue weighted by Gasteiger charge is 2.23. The zero-order valence-corrected chi connectivity index (χ0v) is 8.98. The Labute approximate surface area is 89.3 Å². The molecule has 1 aromatic rings. The van der Waals surface area contributed by atoms with Crippen molar-refractivity contribution in [1.29, 1.82) is 0 Å². The van der Waals surface area contributed by atoms with E-state index < -0.39 is 5.97 Å². The van der Waals surface area contributed by atoms with Gasteiger partial charge in [0.05, 0.1) is 12.7 Å². The summed E-state index contributed by atoms with van der Waals surface area (Å²) in [4.78, 5) is 14.0. The van der Waals surface area contributed by atoms with Gasteiger partial charge in [0, 0.05) is 4.47 Å². The lowest BCUT2D eigenvalue weighted by Gasteiger charge is -1.95. The van der Waals surface area contributed by atoms with Crippen molar-refractivity contribution in [3.8, 4) is 0 Å². The molecule has 0 heterocycles. The van der Waals surface area contributed by atoms with Gasteiger partial charge in [-0.25, -0.2) is 4.79 Å². The minimum atomic E-state index is -0.675. The van der Waals surface area contributed by atoms with E-state index in [1.54, 1.807) is 24.3 Å². The molecule has 0 amide bonds. The van der Waals surface area contributed by atoms with E-state index in [0.717, 1.165) is 4.47 Å². The van der Waals surface area contributed by atoms with Crippen molar-refractivity contribution in [3.05, 3.63) is 39.8 Å². The topological polar surface area (TPSA) is 62.7 Å². The summed E-state index contributed by atoms with van der Waals surface area (Å²) in [5.41, 5.74) is 9.02. The Balaban J connectivity index is 3.15. The second kappa shape index (κ2) is 4.69. The predicted octanol–water partition coefficient (Wildman–Crippen LogP) is 1.64. The minimum Gasteiger partial charge on any atom is -0.460 e. The second-order valence-corrected chi connectivity index (χ2v) is 3.37. The molecule has 1 aromatic carbocycles. The van der Waals surface area contributed by atoms with Crippen LogP contribution in [0.15, 0.2) is 28.7 Å². The normalized spacial score (nSPS) is 9.00. The molecule has 0 aliphatic rings. The molecule has 0 unspecified atom stereocenters. The first kappa shape index (κ1) is 10.6. The molecule has 0 bridgehead atoms. The van der Waals surface area contributed by atoms with Crippen molar-refractivity contribution in [3.63, 3.8) is 0 Å². The van der Waals surface area contributed by atoms with Crippen LogP contribution in [0, 0.1) is 0 Å². The van der Waals surface area contributed by atoms with Gasteiger partial charge < -0.3 is 10.3 Å². The van der Waals surface area contributed by atoms with Gasteiger partial charge in [-0.2, -0.15) is 4.79 Å². The number of carbonyl (C=O) groups is 1. The average molecular weight is 255 g/mol. The molecule has 0 saturated heterocycles. The molecule has 72 valence electrons. The van der Waals surface area contributed by atoms with E-state index in [2.05, 4.69) is 25.5 Å². The van der Waals surface area contributed by atoms with Crippen LogP contribution in [0.4, 0.5) is 0 Å². The third-order valence-corrected chi connectivity index (χ3v) is 2.07. The molecule has 0 radical (unpaired) electrons. The Morgan fingerprint density at radius 3 is 2.79 bits per heavy atom. The van der Waals surface area contributed by atoms with Gasteiger partial charge in [-0.15, -0.1) is 0 Å². The lowest BCUT2D eigenvalue weighted by Crippen LogP contribution is -2.18. The Hall–Kier alpha value is -1.45. The number of benzene rings is 1. The van der Waals surface area contributed by atoms with E-state index in [1.807, 2.05) is 0 Å². The maximum Gasteiger partial charge on any atom is 0.422 e. The van der Waals surface area contributed by atoms with Crippen molar-refractivity contribution >= 4 is 27.6 Å². The van der Waals surface area contributed by atoms with Crippen LogP contribution < -0.4 is 0 Å². The van der Waals surface area contributed by atoms with Crippen LogP contribution in [-0.4, -0.2) is 23.6 Å². The van der Waals surface area contributed by atoms with Crippen LogP contribution in [-0.2, 0) is 9.53 Å².